The Balaban J connectivity index is 1.46. The van der Waals surface area contributed by atoms with Crippen LogP contribution in [0.5, 0.6) is 0 Å². The molecule has 1 aromatic heterocycles. The lowest BCUT2D eigenvalue weighted by Crippen LogP contribution is -2.49. The Bertz CT molecular complexity index is 1180. The lowest BCUT2D eigenvalue weighted by molar-refractivity contribution is -0.384. The number of benzene rings is 2. The van der Waals surface area contributed by atoms with E-state index in [1.807, 2.05) is 44.2 Å². The van der Waals surface area contributed by atoms with Gasteiger partial charge in [0, 0.05) is 43.9 Å². The number of carbonyl (C=O) groups excluding carboxylic acids is 1. The number of hydrogen-bond donors (Lipinski definition) is 1. The predicted octanol–water partition coefficient (Wildman–Crippen LogP) is 4.25. The number of aromatic nitrogens is 2. The lowest BCUT2D eigenvalue weighted by Gasteiger charge is -2.38. The second-order valence-corrected chi connectivity index (χ2v) is 9.15. The summed E-state index contributed by atoms with van der Waals surface area (Å²) in [7, 11) is 0. The fourth-order valence-corrected chi connectivity index (χ4v) is 4.23. The van der Waals surface area contributed by atoms with E-state index in [-0.39, 0.29) is 22.5 Å². The summed E-state index contributed by atoms with van der Waals surface area (Å²) in [5.74, 6) is 1.22. The molecule has 0 bridgehead atoms. The Morgan fingerprint density at radius 3 is 2.51 bits per heavy atom. The summed E-state index contributed by atoms with van der Waals surface area (Å²) in [6.45, 7) is 7.35. The second kappa shape index (κ2) is 10.9. The van der Waals surface area contributed by atoms with E-state index in [4.69, 9.17) is 16.1 Å². The first-order valence-electron chi connectivity index (χ1n) is 11.4. The molecule has 0 radical (unpaired) electrons. The number of nitro benzene ring substituents is 1. The minimum atomic E-state index is -0.570. The molecule has 1 aliphatic rings. The first kappa shape index (κ1) is 24.8. The maximum Gasteiger partial charge on any atom is 0.289 e. The van der Waals surface area contributed by atoms with Crippen LogP contribution in [0.1, 0.15) is 43.1 Å². The van der Waals surface area contributed by atoms with E-state index in [1.54, 1.807) is 6.07 Å². The Hall–Kier alpha value is -3.34. The minimum Gasteiger partial charge on any atom is -0.338 e. The van der Waals surface area contributed by atoms with Crippen LogP contribution in [0, 0.1) is 10.1 Å². The number of nitrogens with one attached hydrogen (secondary N) is 1. The molecule has 0 spiro atoms. The van der Waals surface area contributed by atoms with Crippen molar-refractivity contribution in [3.63, 3.8) is 0 Å². The summed E-state index contributed by atoms with van der Waals surface area (Å²) >= 11 is 5.91. The highest BCUT2D eigenvalue weighted by molar-refractivity contribution is 6.32. The van der Waals surface area contributed by atoms with Gasteiger partial charge in [0.2, 0.25) is 11.8 Å². The zero-order chi connectivity index (χ0) is 24.9. The van der Waals surface area contributed by atoms with Crippen molar-refractivity contribution in [2.24, 2.45) is 0 Å². The van der Waals surface area contributed by atoms with Gasteiger partial charge >= 0.3 is 0 Å². The van der Waals surface area contributed by atoms with E-state index in [9.17, 15) is 14.9 Å². The van der Waals surface area contributed by atoms with Crippen LogP contribution in [0.15, 0.2) is 53.1 Å². The van der Waals surface area contributed by atoms with Gasteiger partial charge in [0.05, 0.1) is 11.5 Å². The van der Waals surface area contributed by atoms with Crippen molar-refractivity contribution in [1.29, 1.82) is 0 Å². The molecule has 2 aromatic carbocycles. The number of piperazine rings is 1. The zero-order valence-corrected chi connectivity index (χ0v) is 20.3. The van der Waals surface area contributed by atoms with E-state index in [1.165, 1.54) is 12.1 Å². The summed E-state index contributed by atoms with van der Waals surface area (Å²) in [5.41, 5.74) is 0.916. The number of carbonyl (C=O) groups is 1. The summed E-state index contributed by atoms with van der Waals surface area (Å²) < 4.78 is 5.37. The quantitative estimate of drug-likeness (QED) is 0.361. The van der Waals surface area contributed by atoms with Crippen molar-refractivity contribution in [2.75, 3.05) is 31.5 Å². The van der Waals surface area contributed by atoms with Crippen molar-refractivity contribution < 1.29 is 14.2 Å². The fourth-order valence-electron chi connectivity index (χ4n) is 4.04. The lowest BCUT2D eigenvalue weighted by atomic mass is 10.0. The average molecular weight is 499 g/mol. The Morgan fingerprint density at radius 2 is 1.89 bits per heavy atom. The van der Waals surface area contributed by atoms with Crippen molar-refractivity contribution >= 4 is 28.9 Å². The summed E-state index contributed by atoms with van der Waals surface area (Å²) in [6.07, 6.45) is 0. The molecule has 35 heavy (non-hydrogen) atoms. The van der Waals surface area contributed by atoms with Crippen LogP contribution in [0.4, 0.5) is 11.4 Å². The molecule has 1 N–H and O–H groups in total. The monoisotopic (exact) mass is 498 g/mol. The van der Waals surface area contributed by atoms with Crippen molar-refractivity contribution in [1.82, 2.24) is 19.9 Å². The molecule has 1 fully saturated rings. The van der Waals surface area contributed by atoms with Gasteiger partial charge in [-0.3, -0.25) is 24.7 Å². The largest absolute Gasteiger partial charge is 0.338 e. The third kappa shape index (κ3) is 6.02. The number of rotatable bonds is 8. The molecule has 4 rings (SSSR count). The van der Waals surface area contributed by atoms with Crippen molar-refractivity contribution in [3.05, 3.63) is 80.9 Å². The van der Waals surface area contributed by atoms with Gasteiger partial charge in [-0.1, -0.05) is 60.9 Å². The number of anilines is 1. The summed E-state index contributed by atoms with van der Waals surface area (Å²) in [5, 5.41) is 18.1. The van der Waals surface area contributed by atoms with Crippen LogP contribution in [0.3, 0.4) is 0 Å². The first-order chi connectivity index (χ1) is 16.8. The molecule has 1 aliphatic heterocycles. The highest BCUT2D eigenvalue weighted by Crippen LogP contribution is 2.29. The van der Waals surface area contributed by atoms with Crippen LogP contribution >= 0.6 is 11.6 Å². The molecule has 0 unspecified atom stereocenters. The van der Waals surface area contributed by atoms with Gasteiger partial charge in [0.25, 0.3) is 5.69 Å². The maximum atomic E-state index is 13.4. The SMILES string of the molecule is CC(C)c1noc(CN2CCN([C@H](C(=O)Nc3ccc(Cl)c([N+](=O)[O-])c3)c3ccccc3)CC2)n1. The molecule has 0 aliphatic carbocycles. The van der Waals surface area contributed by atoms with Gasteiger partial charge in [-0.15, -0.1) is 0 Å². The van der Waals surface area contributed by atoms with Gasteiger partial charge in [-0.05, 0) is 17.7 Å². The minimum absolute atomic E-state index is 0.0190. The van der Waals surface area contributed by atoms with Gasteiger partial charge in [-0.2, -0.15) is 4.98 Å². The Kier molecular flexibility index (Phi) is 7.74. The topological polar surface area (TPSA) is 118 Å². The second-order valence-electron chi connectivity index (χ2n) is 8.74. The zero-order valence-electron chi connectivity index (χ0n) is 19.6. The van der Waals surface area contributed by atoms with Crippen LogP contribution in [-0.4, -0.2) is 56.9 Å². The van der Waals surface area contributed by atoms with E-state index in [2.05, 4.69) is 25.3 Å². The standard InChI is InChI=1S/C24H27ClN6O4/c1-16(2)23-27-21(35-28-23)15-29-10-12-30(13-11-29)22(17-6-4-3-5-7-17)24(32)26-18-8-9-19(25)20(14-18)31(33)34/h3-9,14,16,22H,10-13,15H2,1-2H3,(H,26,32)/t22-/m0/s1. The summed E-state index contributed by atoms with van der Waals surface area (Å²) in [6, 6.07) is 13.2. The average Bonchev–Trinajstić information content (AvgIpc) is 3.31. The predicted molar refractivity (Wildman–Crippen MR) is 131 cm³/mol. The molecule has 1 saturated heterocycles. The molecule has 10 nitrogen and oxygen atoms in total. The van der Waals surface area contributed by atoms with Crippen LogP contribution in [0.2, 0.25) is 5.02 Å². The molecule has 2 heterocycles. The molecule has 3 aromatic rings. The molecule has 1 atom stereocenters. The molecule has 184 valence electrons. The van der Waals surface area contributed by atoms with Crippen LogP contribution in [0.25, 0.3) is 0 Å². The highest BCUT2D eigenvalue weighted by Gasteiger charge is 2.31. The summed E-state index contributed by atoms with van der Waals surface area (Å²) in [4.78, 5) is 32.9. The normalized spacial score (nSPS) is 15.8. The highest BCUT2D eigenvalue weighted by atomic mass is 35.5. The van der Waals surface area contributed by atoms with Crippen molar-refractivity contribution in [3.8, 4) is 0 Å². The fraction of sp³-hybridized carbons (Fsp3) is 0.375. The van der Waals surface area contributed by atoms with Crippen LogP contribution in [-0.2, 0) is 11.3 Å². The number of hydrogen-bond acceptors (Lipinski definition) is 8. The number of amides is 1. The van der Waals surface area contributed by atoms with E-state index < -0.39 is 11.0 Å². The Morgan fingerprint density at radius 1 is 1.17 bits per heavy atom. The smallest absolute Gasteiger partial charge is 0.289 e. The van der Waals surface area contributed by atoms with Gasteiger partial charge < -0.3 is 9.84 Å². The van der Waals surface area contributed by atoms with Gasteiger partial charge in [-0.25, -0.2) is 0 Å². The number of nitrogens with zero attached hydrogens (tertiary/aromatic N) is 5. The number of halogens is 1. The van der Waals surface area contributed by atoms with Crippen LogP contribution < -0.4 is 5.32 Å². The van der Waals surface area contributed by atoms with E-state index in [0.29, 0.717) is 37.0 Å². The number of nitro groups is 1. The molecular weight excluding hydrogens is 472 g/mol. The molecule has 0 saturated carbocycles. The van der Waals surface area contributed by atoms with Crippen molar-refractivity contribution in [2.45, 2.75) is 32.4 Å². The van der Waals surface area contributed by atoms with Gasteiger partial charge in [0.1, 0.15) is 11.1 Å². The first-order valence-corrected chi connectivity index (χ1v) is 11.8. The third-order valence-corrected chi connectivity index (χ3v) is 6.22. The van der Waals surface area contributed by atoms with E-state index in [0.717, 1.165) is 18.7 Å². The maximum absolute atomic E-state index is 13.4. The molecular formula is C24H27ClN6O4. The third-order valence-electron chi connectivity index (χ3n) is 5.91. The Labute approximate surface area is 208 Å². The molecule has 11 heteroatoms. The molecule has 1 amide bonds. The van der Waals surface area contributed by atoms with E-state index >= 15 is 0 Å². The van der Waals surface area contributed by atoms with Gasteiger partial charge in [0.15, 0.2) is 5.82 Å².